The SMILES string of the molecule is CCNC(=O)NC(=O)CN[C@](C)(CC)c1nc(C)cs1. The Morgan fingerprint density at radius 3 is 2.60 bits per heavy atom. The number of amides is 3. The number of aromatic nitrogens is 1. The zero-order valence-electron chi connectivity index (χ0n) is 12.4. The summed E-state index contributed by atoms with van der Waals surface area (Å²) in [4.78, 5) is 27.4. The van der Waals surface area contributed by atoms with Gasteiger partial charge in [0, 0.05) is 17.6 Å². The molecule has 20 heavy (non-hydrogen) atoms. The fraction of sp³-hybridized carbons (Fsp3) is 0.615. The molecule has 0 aliphatic heterocycles. The third kappa shape index (κ3) is 4.57. The number of carbonyl (C=O) groups is 2. The summed E-state index contributed by atoms with van der Waals surface area (Å²) < 4.78 is 0. The number of imide groups is 1. The van der Waals surface area contributed by atoms with Gasteiger partial charge in [-0.3, -0.25) is 15.4 Å². The van der Waals surface area contributed by atoms with Gasteiger partial charge in [0.05, 0.1) is 12.1 Å². The van der Waals surface area contributed by atoms with Crippen LogP contribution in [0, 0.1) is 6.92 Å². The van der Waals surface area contributed by atoms with Crippen molar-refractivity contribution >= 4 is 23.3 Å². The standard InChI is InChI=1S/C13H22N4O2S/c1-5-13(4,11-16-9(3)8-20-11)15-7-10(18)17-12(19)14-6-2/h8,15H,5-7H2,1-4H3,(H2,14,17,18,19)/t13-/m1/s1. The molecule has 0 saturated carbocycles. The van der Waals surface area contributed by atoms with Gasteiger partial charge in [0.1, 0.15) is 5.01 Å². The van der Waals surface area contributed by atoms with Crippen molar-refractivity contribution in [3.63, 3.8) is 0 Å². The monoisotopic (exact) mass is 298 g/mol. The number of aryl methyl sites for hydroxylation is 1. The summed E-state index contributed by atoms with van der Waals surface area (Å²) in [7, 11) is 0. The zero-order chi connectivity index (χ0) is 15.2. The first-order valence-electron chi connectivity index (χ1n) is 6.66. The van der Waals surface area contributed by atoms with Crippen LogP contribution in [0.5, 0.6) is 0 Å². The average Bonchev–Trinajstić information content (AvgIpc) is 2.83. The van der Waals surface area contributed by atoms with Crippen molar-refractivity contribution < 1.29 is 9.59 Å². The van der Waals surface area contributed by atoms with Crippen LogP contribution in [0.2, 0.25) is 0 Å². The number of hydrogen-bond donors (Lipinski definition) is 3. The molecule has 1 aromatic heterocycles. The maximum atomic E-state index is 11.7. The highest BCUT2D eigenvalue weighted by Crippen LogP contribution is 2.27. The molecule has 1 heterocycles. The molecule has 0 spiro atoms. The van der Waals surface area contributed by atoms with Crippen LogP contribution in [0.25, 0.3) is 0 Å². The third-order valence-corrected chi connectivity index (χ3v) is 4.25. The van der Waals surface area contributed by atoms with Crippen molar-refractivity contribution in [2.75, 3.05) is 13.1 Å². The minimum atomic E-state index is -0.470. The van der Waals surface area contributed by atoms with Gasteiger partial charge < -0.3 is 5.32 Å². The van der Waals surface area contributed by atoms with Crippen molar-refractivity contribution in [2.45, 2.75) is 39.7 Å². The predicted octanol–water partition coefficient (Wildman–Crippen LogP) is 1.51. The van der Waals surface area contributed by atoms with E-state index in [4.69, 9.17) is 0 Å². The van der Waals surface area contributed by atoms with Crippen LogP contribution in [0.3, 0.4) is 0 Å². The second kappa shape index (κ2) is 7.35. The lowest BCUT2D eigenvalue weighted by atomic mass is 10.00. The highest BCUT2D eigenvalue weighted by Gasteiger charge is 2.28. The molecule has 0 aliphatic rings. The second-order valence-corrected chi connectivity index (χ2v) is 5.60. The molecule has 0 aliphatic carbocycles. The van der Waals surface area contributed by atoms with Crippen LogP contribution in [-0.2, 0) is 10.3 Å². The Bertz CT molecular complexity index is 475. The van der Waals surface area contributed by atoms with Gasteiger partial charge in [0.15, 0.2) is 0 Å². The lowest BCUT2D eigenvalue weighted by Gasteiger charge is -2.27. The van der Waals surface area contributed by atoms with Crippen LogP contribution in [-0.4, -0.2) is 30.0 Å². The average molecular weight is 298 g/mol. The summed E-state index contributed by atoms with van der Waals surface area (Å²) in [6.07, 6.45) is 0.800. The van der Waals surface area contributed by atoms with Gasteiger partial charge in [-0.2, -0.15) is 0 Å². The Balaban J connectivity index is 2.57. The summed E-state index contributed by atoms with van der Waals surface area (Å²) in [5.74, 6) is -0.357. The van der Waals surface area contributed by atoms with E-state index in [1.165, 1.54) is 0 Å². The molecule has 3 amide bonds. The summed E-state index contributed by atoms with van der Waals surface area (Å²) in [5, 5.41) is 10.9. The van der Waals surface area contributed by atoms with Crippen LogP contribution >= 0.6 is 11.3 Å². The van der Waals surface area contributed by atoms with E-state index in [1.807, 2.05) is 26.2 Å². The molecular weight excluding hydrogens is 276 g/mol. The number of nitrogens with zero attached hydrogens (tertiary/aromatic N) is 1. The first-order chi connectivity index (χ1) is 9.41. The van der Waals surface area contributed by atoms with Crippen molar-refractivity contribution in [3.05, 3.63) is 16.1 Å². The number of thiazole rings is 1. The van der Waals surface area contributed by atoms with Gasteiger partial charge in [-0.15, -0.1) is 11.3 Å². The molecule has 0 unspecified atom stereocenters. The van der Waals surface area contributed by atoms with E-state index in [0.717, 1.165) is 17.1 Å². The molecular formula is C13H22N4O2S. The molecule has 3 N–H and O–H groups in total. The maximum absolute atomic E-state index is 11.7. The van der Waals surface area contributed by atoms with Crippen LogP contribution in [0.1, 0.15) is 37.9 Å². The molecule has 6 nitrogen and oxygen atoms in total. The lowest BCUT2D eigenvalue weighted by molar-refractivity contribution is -0.119. The van der Waals surface area contributed by atoms with Crippen molar-refractivity contribution in [2.24, 2.45) is 0 Å². The number of rotatable bonds is 6. The Morgan fingerprint density at radius 1 is 1.40 bits per heavy atom. The molecule has 1 rings (SSSR count). The molecule has 0 fully saturated rings. The minimum absolute atomic E-state index is 0.0695. The Labute approximate surface area is 123 Å². The van der Waals surface area contributed by atoms with Crippen molar-refractivity contribution in [3.8, 4) is 0 Å². The van der Waals surface area contributed by atoms with E-state index < -0.39 is 6.03 Å². The smallest absolute Gasteiger partial charge is 0.321 e. The molecule has 1 atom stereocenters. The highest BCUT2D eigenvalue weighted by molar-refractivity contribution is 7.09. The van der Waals surface area contributed by atoms with Gasteiger partial charge in [-0.1, -0.05) is 6.92 Å². The molecule has 1 aromatic rings. The highest BCUT2D eigenvalue weighted by atomic mass is 32.1. The molecule has 0 aromatic carbocycles. The number of carbonyl (C=O) groups excluding carboxylic acids is 2. The summed E-state index contributed by atoms with van der Waals surface area (Å²) >= 11 is 1.57. The van der Waals surface area contributed by atoms with Gasteiger partial charge in [0.25, 0.3) is 0 Å². The predicted molar refractivity (Wildman–Crippen MR) is 79.7 cm³/mol. The van der Waals surface area contributed by atoms with Gasteiger partial charge in [-0.25, -0.2) is 9.78 Å². The fourth-order valence-corrected chi connectivity index (χ4v) is 2.62. The van der Waals surface area contributed by atoms with E-state index in [9.17, 15) is 9.59 Å². The molecule has 7 heteroatoms. The van der Waals surface area contributed by atoms with E-state index >= 15 is 0 Å². The summed E-state index contributed by atoms with van der Waals surface area (Å²) in [6, 6.07) is -0.470. The number of urea groups is 1. The van der Waals surface area contributed by atoms with E-state index in [2.05, 4.69) is 20.9 Å². The van der Waals surface area contributed by atoms with Crippen LogP contribution in [0.4, 0.5) is 4.79 Å². The Kier molecular flexibility index (Phi) is 6.09. The molecule has 112 valence electrons. The first-order valence-corrected chi connectivity index (χ1v) is 7.54. The van der Waals surface area contributed by atoms with Crippen LogP contribution in [0.15, 0.2) is 5.38 Å². The van der Waals surface area contributed by atoms with Crippen molar-refractivity contribution in [1.29, 1.82) is 0 Å². The molecule has 0 radical (unpaired) electrons. The van der Waals surface area contributed by atoms with Crippen LogP contribution < -0.4 is 16.0 Å². The van der Waals surface area contributed by atoms with Crippen molar-refractivity contribution in [1.82, 2.24) is 20.9 Å². The second-order valence-electron chi connectivity index (χ2n) is 4.74. The maximum Gasteiger partial charge on any atom is 0.321 e. The third-order valence-electron chi connectivity index (χ3n) is 3.03. The van der Waals surface area contributed by atoms with Gasteiger partial charge in [0.2, 0.25) is 5.91 Å². The quantitative estimate of drug-likeness (QED) is 0.743. The minimum Gasteiger partial charge on any atom is -0.338 e. The van der Waals surface area contributed by atoms with Gasteiger partial charge in [-0.05, 0) is 27.2 Å². The topological polar surface area (TPSA) is 83.1 Å². The summed E-state index contributed by atoms with van der Waals surface area (Å²) in [6.45, 7) is 8.33. The number of nitrogens with one attached hydrogen (secondary N) is 3. The summed E-state index contributed by atoms with van der Waals surface area (Å²) in [5.41, 5.74) is 0.607. The van der Waals surface area contributed by atoms with E-state index in [0.29, 0.717) is 6.54 Å². The zero-order valence-corrected chi connectivity index (χ0v) is 13.2. The first kappa shape index (κ1) is 16.6. The lowest BCUT2D eigenvalue weighted by Crippen LogP contribution is -2.48. The fourth-order valence-electron chi connectivity index (χ4n) is 1.61. The molecule has 0 saturated heterocycles. The van der Waals surface area contributed by atoms with E-state index in [-0.39, 0.29) is 18.0 Å². The Hall–Kier alpha value is -1.47. The van der Waals surface area contributed by atoms with Gasteiger partial charge >= 0.3 is 6.03 Å². The normalized spacial score (nSPS) is 13.6. The largest absolute Gasteiger partial charge is 0.338 e. The number of hydrogen-bond acceptors (Lipinski definition) is 5. The Morgan fingerprint density at radius 2 is 2.10 bits per heavy atom. The van der Waals surface area contributed by atoms with E-state index in [1.54, 1.807) is 18.3 Å². The molecule has 0 bridgehead atoms.